The van der Waals surface area contributed by atoms with Crippen LogP contribution in [0.3, 0.4) is 0 Å². The third-order valence-electron chi connectivity index (χ3n) is 3.83. The number of rotatable bonds is 4. The average Bonchev–Trinajstić information content (AvgIpc) is 2.90. The van der Waals surface area contributed by atoms with Crippen molar-refractivity contribution in [3.63, 3.8) is 0 Å². The lowest BCUT2D eigenvalue weighted by Gasteiger charge is -2.23. The zero-order chi connectivity index (χ0) is 18.8. The summed E-state index contributed by atoms with van der Waals surface area (Å²) in [6.45, 7) is 14.4. The molecule has 0 aliphatic rings. The highest BCUT2D eigenvalue weighted by molar-refractivity contribution is 5.91. The molecular weight excluding hydrogens is 314 g/mol. The van der Waals surface area contributed by atoms with Gasteiger partial charge in [0, 0.05) is 11.5 Å². The van der Waals surface area contributed by atoms with Crippen molar-refractivity contribution in [1.29, 1.82) is 0 Å². The van der Waals surface area contributed by atoms with Crippen molar-refractivity contribution < 1.29 is 9.53 Å². The number of hydrogen-bond acceptors (Lipinski definition) is 3. The van der Waals surface area contributed by atoms with Crippen LogP contribution >= 0.6 is 0 Å². The number of carbonyl (C=O) groups excluding carboxylic acids is 1. The molecule has 1 N–H and O–H groups in total. The van der Waals surface area contributed by atoms with Crippen molar-refractivity contribution >= 4 is 11.7 Å². The Labute approximate surface area is 150 Å². The van der Waals surface area contributed by atoms with Crippen molar-refractivity contribution in [1.82, 2.24) is 9.78 Å². The second-order valence-corrected chi connectivity index (χ2v) is 8.35. The molecule has 1 heterocycles. The Morgan fingerprint density at radius 2 is 1.80 bits per heavy atom. The van der Waals surface area contributed by atoms with Crippen LogP contribution in [0, 0.1) is 6.92 Å². The maximum absolute atomic E-state index is 12.4. The minimum absolute atomic E-state index is 0.0367. The molecule has 1 amide bonds. The molecule has 2 aromatic rings. The van der Waals surface area contributed by atoms with E-state index in [4.69, 9.17) is 9.84 Å². The standard InChI is InChI=1S/C20H29N3O2/c1-14-10-8-9-11-15(14)25-13-18(24)21-17-12-16(19(2,3)4)22-23(17)20(5,6)7/h8-12H,13H2,1-7H3,(H,21,24). The van der Waals surface area contributed by atoms with E-state index in [0.29, 0.717) is 5.82 Å². The van der Waals surface area contributed by atoms with Crippen LogP contribution in [0.15, 0.2) is 30.3 Å². The van der Waals surface area contributed by atoms with E-state index < -0.39 is 0 Å². The number of para-hydroxylation sites is 1. The summed E-state index contributed by atoms with van der Waals surface area (Å²) in [7, 11) is 0. The molecule has 0 aliphatic carbocycles. The molecular formula is C20H29N3O2. The Morgan fingerprint density at radius 3 is 2.36 bits per heavy atom. The molecule has 5 nitrogen and oxygen atoms in total. The van der Waals surface area contributed by atoms with Crippen LogP contribution in [0.2, 0.25) is 0 Å². The van der Waals surface area contributed by atoms with Crippen molar-refractivity contribution in [3.05, 3.63) is 41.6 Å². The van der Waals surface area contributed by atoms with E-state index in [1.807, 2.05) is 41.9 Å². The van der Waals surface area contributed by atoms with Crippen molar-refractivity contribution in [3.8, 4) is 5.75 Å². The van der Waals surface area contributed by atoms with Crippen LogP contribution in [0.1, 0.15) is 52.8 Å². The van der Waals surface area contributed by atoms with E-state index in [-0.39, 0.29) is 23.5 Å². The molecule has 0 saturated carbocycles. The summed E-state index contributed by atoms with van der Waals surface area (Å²) < 4.78 is 7.49. The monoisotopic (exact) mass is 343 g/mol. The largest absolute Gasteiger partial charge is 0.483 e. The van der Waals surface area contributed by atoms with Crippen molar-refractivity contribution in [2.45, 2.75) is 59.4 Å². The molecule has 136 valence electrons. The fraction of sp³-hybridized carbons (Fsp3) is 0.500. The zero-order valence-electron chi connectivity index (χ0n) is 16.3. The summed E-state index contributed by atoms with van der Waals surface area (Å²) in [5.74, 6) is 1.21. The van der Waals surface area contributed by atoms with Crippen LogP contribution < -0.4 is 10.1 Å². The summed E-state index contributed by atoms with van der Waals surface area (Å²) in [6.07, 6.45) is 0. The normalized spacial score (nSPS) is 12.1. The fourth-order valence-corrected chi connectivity index (χ4v) is 2.39. The topological polar surface area (TPSA) is 56.1 Å². The summed E-state index contributed by atoms with van der Waals surface area (Å²) in [5, 5.41) is 7.64. The smallest absolute Gasteiger partial charge is 0.263 e. The molecule has 0 radical (unpaired) electrons. The molecule has 1 aromatic carbocycles. The molecule has 0 spiro atoms. The van der Waals surface area contributed by atoms with Gasteiger partial charge in [-0.25, -0.2) is 4.68 Å². The van der Waals surface area contributed by atoms with E-state index in [1.165, 1.54) is 0 Å². The van der Waals surface area contributed by atoms with Gasteiger partial charge in [-0.1, -0.05) is 39.0 Å². The molecule has 0 atom stereocenters. The maximum atomic E-state index is 12.4. The SMILES string of the molecule is Cc1ccccc1OCC(=O)Nc1cc(C(C)(C)C)nn1C(C)(C)C. The molecule has 0 unspecified atom stereocenters. The third kappa shape index (κ3) is 4.84. The van der Waals surface area contributed by atoms with Gasteiger partial charge in [-0.15, -0.1) is 0 Å². The zero-order valence-corrected chi connectivity index (χ0v) is 16.3. The van der Waals surface area contributed by atoms with Crippen molar-refractivity contribution in [2.75, 3.05) is 11.9 Å². The van der Waals surface area contributed by atoms with Crippen LogP contribution in [0.4, 0.5) is 5.82 Å². The Morgan fingerprint density at radius 1 is 1.16 bits per heavy atom. The van der Waals surface area contributed by atoms with E-state index in [1.54, 1.807) is 0 Å². The van der Waals surface area contributed by atoms with Crippen LogP contribution in [-0.2, 0) is 15.7 Å². The van der Waals surface area contributed by atoms with Gasteiger partial charge in [0.1, 0.15) is 11.6 Å². The Bertz CT molecular complexity index is 749. The first-order valence-electron chi connectivity index (χ1n) is 8.58. The number of nitrogens with one attached hydrogen (secondary N) is 1. The number of hydrogen-bond donors (Lipinski definition) is 1. The van der Waals surface area contributed by atoms with E-state index in [0.717, 1.165) is 17.0 Å². The average molecular weight is 343 g/mol. The fourth-order valence-electron chi connectivity index (χ4n) is 2.39. The molecule has 0 aliphatic heterocycles. The lowest BCUT2D eigenvalue weighted by Crippen LogP contribution is -2.28. The van der Waals surface area contributed by atoms with E-state index in [9.17, 15) is 4.79 Å². The Kier molecular flexibility index (Phi) is 5.26. The number of aromatic nitrogens is 2. The first-order chi connectivity index (χ1) is 11.5. The number of anilines is 1. The van der Waals surface area contributed by atoms with E-state index in [2.05, 4.69) is 46.9 Å². The minimum atomic E-state index is -0.233. The van der Waals surface area contributed by atoms with E-state index >= 15 is 0 Å². The lowest BCUT2D eigenvalue weighted by atomic mass is 9.92. The van der Waals surface area contributed by atoms with Crippen molar-refractivity contribution in [2.24, 2.45) is 0 Å². The number of carbonyl (C=O) groups is 1. The summed E-state index contributed by atoms with van der Waals surface area (Å²) in [4.78, 5) is 12.4. The predicted octanol–water partition coefficient (Wildman–Crippen LogP) is 4.26. The number of ether oxygens (including phenoxy) is 1. The lowest BCUT2D eigenvalue weighted by molar-refractivity contribution is -0.118. The van der Waals surface area contributed by atoms with Crippen LogP contribution in [0.5, 0.6) is 5.75 Å². The van der Waals surface area contributed by atoms with Crippen LogP contribution in [0.25, 0.3) is 0 Å². The number of aryl methyl sites for hydroxylation is 1. The molecule has 0 bridgehead atoms. The number of amides is 1. The highest BCUT2D eigenvalue weighted by atomic mass is 16.5. The second-order valence-electron chi connectivity index (χ2n) is 8.35. The van der Waals surface area contributed by atoms with Gasteiger partial charge in [0.2, 0.25) is 0 Å². The van der Waals surface area contributed by atoms with Gasteiger partial charge in [-0.05, 0) is 39.3 Å². The number of benzene rings is 1. The van der Waals surface area contributed by atoms with Gasteiger partial charge in [0.15, 0.2) is 6.61 Å². The predicted molar refractivity (Wildman–Crippen MR) is 101 cm³/mol. The van der Waals surface area contributed by atoms with Gasteiger partial charge in [0.25, 0.3) is 5.91 Å². The minimum Gasteiger partial charge on any atom is -0.483 e. The first-order valence-corrected chi connectivity index (χ1v) is 8.58. The molecule has 0 fully saturated rings. The van der Waals surface area contributed by atoms with Gasteiger partial charge in [-0.2, -0.15) is 5.10 Å². The van der Waals surface area contributed by atoms with Gasteiger partial charge in [0.05, 0.1) is 11.2 Å². The highest BCUT2D eigenvalue weighted by Crippen LogP contribution is 2.28. The molecule has 25 heavy (non-hydrogen) atoms. The summed E-state index contributed by atoms with van der Waals surface area (Å²) in [6, 6.07) is 9.59. The molecule has 2 rings (SSSR count). The summed E-state index contributed by atoms with van der Waals surface area (Å²) >= 11 is 0. The second kappa shape index (κ2) is 6.90. The Balaban J connectivity index is 2.14. The van der Waals surface area contributed by atoms with Gasteiger partial charge >= 0.3 is 0 Å². The molecule has 5 heteroatoms. The molecule has 0 saturated heterocycles. The highest BCUT2D eigenvalue weighted by Gasteiger charge is 2.25. The number of nitrogens with zero attached hydrogens (tertiary/aromatic N) is 2. The summed E-state index contributed by atoms with van der Waals surface area (Å²) in [5.41, 5.74) is 1.62. The third-order valence-corrected chi connectivity index (χ3v) is 3.83. The first kappa shape index (κ1) is 19.0. The van der Waals surface area contributed by atoms with Gasteiger partial charge in [-0.3, -0.25) is 4.79 Å². The Hall–Kier alpha value is -2.30. The quantitative estimate of drug-likeness (QED) is 0.902. The maximum Gasteiger partial charge on any atom is 0.263 e. The van der Waals surface area contributed by atoms with Crippen LogP contribution in [-0.4, -0.2) is 22.3 Å². The molecule has 1 aromatic heterocycles. The van der Waals surface area contributed by atoms with Gasteiger partial charge < -0.3 is 10.1 Å².